The van der Waals surface area contributed by atoms with Crippen molar-refractivity contribution in [3.05, 3.63) is 517 Å². The van der Waals surface area contributed by atoms with E-state index in [4.69, 9.17) is 15.0 Å². The van der Waals surface area contributed by atoms with Crippen LogP contribution in [0.2, 0.25) is 0 Å². The molecule has 0 spiro atoms. The summed E-state index contributed by atoms with van der Waals surface area (Å²) in [6.45, 7) is 0. The van der Waals surface area contributed by atoms with Crippen LogP contribution in [0.5, 0.6) is 0 Å². The molecule has 5 aromatic heterocycles. The Bertz CT molecular complexity index is 9120. The predicted octanol–water partition coefficient (Wildman–Crippen LogP) is 31.9. The van der Waals surface area contributed by atoms with Crippen LogP contribution in [0, 0.1) is 0 Å². The Morgan fingerprint density at radius 2 is 0.447 bits per heavy atom. The summed E-state index contributed by atoms with van der Waals surface area (Å²) in [6, 6.07) is 173. The summed E-state index contributed by atoms with van der Waals surface area (Å²) in [6.07, 6.45) is 13.6. The number of fused-ring (bicyclic) bond motifs is 62. The number of hydrogen-bond donors (Lipinski definition) is 0. The molecule has 0 radical (unpaired) electrons. The molecule has 5 atom stereocenters. The van der Waals surface area contributed by atoms with Crippen LogP contribution in [-0.2, 0) is 0 Å². The van der Waals surface area contributed by atoms with Gasteiger partial charge in [0.2, 0.25) is 0 Å². The maximum Gasteiger partial charge on any atom is 0.144 e. The van der Waals surface area contributed by atoms with E-state index in [0.717, 1.165) is 17.3 Å². The fourth-order valence-corrected chi connectivity index (χ4v) is 38.1. The second-order valence-corrected chi connectivity index (χ2v) is 48.6. The van der Waals surface area contributed by atoms with E-state index >= 15 is 0 Å². The Kier molecular flexibility index (Phi) is 20.4. The van der Waals surface area contributed by atoms with Crippen molar-refractivity contribution in [2.75, 3.05) is 23.4 Å². The molecule has 10 aliphatic heterocycles. The van der Waals surface area contributed by atoms with E-state index in [1.165, 1.54) is 258 Å². The second kappa shape index (κ2) is 35.2. The van der Waals surface area contributed by atoms with Gasteiger partial charge in [-0.1, -0.05) is 382 Å². The second-order valence-electron chi connectivity index (χ2n) is 38.7. The van der Waals surface area contributed by atoms with Crippen molar-refractivity contribution in [1.29, 1.82) is 0 Å². The first-order valence-electron chi connectivity index (χ1n) is 50.8. The third-order valence-corrected chi connectivity index (χ3v) is 43.2. The van der Waals surface area contributed by atoms with Crippen molar-refractivity contribution >= 4 is 204 Å². The zero-order chi connectivity index (χ0) is 98.3. The Balaban J connectivity index is 0.0000000844. The van der Waals surface area contributed by atoms with Gasteiger partial charge in [-0.05, 0) is 184 Å². The molecule has 5 unspecified atom stereocenters. The van der Waals surface area contributed by atoms with E-state index in [-0.39, 0.29) is 0 Å². The summed E-state index contributed by atoms with van der Waals surface area (Å²) in [5.41, 5.74) is 35.8. The Labute approximate surface area is 874 Å². The SMILES string of the molecule is c1ccc2c(c1)-c1cc3ccccc3cc1N1c3ncccc3-c3ccccc3P21.c1ccc2c(c1)-c1cc3ccccc3cc1P1c3ccccc3-c3cccnc3N21.c1ccc2c(c1)-c1ccc3ccccc3c1N1c3cccnc3-c3ccccc3P21.c1ccc2c(c1)-c1ccncc1N1c3cc4ccccc4cc3-c3ccccc3P21.c1ccc2c(c1)-c1cnccc1N1c3c(ccc4ccccc34)-c3ccccc3P21. The molecule has 0 bridgehead atoms. The molecule has 25 aromatic rings. The number of pyridine rings is 5. The minimum absolute atomic E-state index is 0.713. The quantitative estimate of drug-likeness (QED) is 0.137. The van der Waals surface area contributed by atoms with Gasteiger partial charge in [-0.25, -0.2) is 9.97 Å². The van der Waals surface area contributed by atoms with Gasteiger partial charge in [-0.3, -0.25) is 24.3 Å². The lowest BCUT2D eigenvalue weighted by molar-refractivity contribution is 1.24. The van der Waals surface area contributed by atoms with Crippen molar-refractivity contribution in [3.8, 4) is 111 Å². The van der Waals surface area contributed by atoms with Gasteiger partial charge in [-0.15, -0.1) is 0 Å². The number of benzene rings is 20. The van der Waals surface area contributed by atoms with Crippen molar-refractivity contribution in [3.63, 3.8) is 0 Å². The highest BCUT2D eigenvalue weighted by molar-refractivity contribution is 7.77. The molecular weight excluding hydrogens is 1920 g/mol. The Morgan fingerprint density at radius 1 is 0.147 bits per heavy atom. The van der Waals surface area contributed by atoms with E-state index < -0.39 is 40.4 Å². The minimum atomic E-state index is -0.754. The van der Waals surface area contributed by atoms with Crippen LogP contribution in [-0.4, -0.2) is 24.9 Å². The van der Waals surface area contributed by atoms with Crippen molar-refractivity contribution in [2.45, 2.75) is 0 Å². The van der Waals surface area contributed by atoms with Crippen molar-refractivity contribution in [1.82, 2.24) is 24.9 Å². The fraction of sp³-hybridized carbons (Fsp3) is 0. The van der Waals surface area contributed by atoms with Crippen LogP contribution in [0.1, 0.15) is 0 Å². The number of anilines is 10. The maximum absolute atomic E-state index is 4.90. The van der Waals surface area contributed by atoms with Gasteiger partial charge in [0.05, 0.1) is 97.8 Å². The number of aromatic nitrogens is 5. The lowest BCUT2D eigenvalue weighted by atomic mass is 9.97. The van der Waals surface area contributed by atoms with E-state index in [1.807, 2.05) is 55.5 Å². The molecule has 150 heavy (non-hydrogen) atoms. The Hall–Kier alpha value is -17.4. The smallest absolute Gasteiger partial charge is 0.144 e. The fourth-order valence-electron chi connectivity index (χ4n) is 24.3. The summed E-state index contributed by atoms with van der Waals surface area (Å²) in [5.74, 6) is 2.13. The third-order valence-electron chi connectivity index (χ3n) is 30.7. The van der Waals surface area contributed by atoms with E-state index in [2.05, 4.69) is 494 Å². The predicted molar refractivity (Wildman–Crippen MR) is 637 cm³/mol. The molecule has 0 N–H and O–H groups in total. The van der Waals surface area contributed by atoms with Gasteiger partial charge in [0.25, 0.3) is 0 Å². The number of hydrogen-bond acceptors (Lipinski definition) is 10. The molecule has 0 saturated carbocycles. The first-order chi connectivity index (χ1) is 74.5. The lowest BCUT2D eigenvalue weighted by Crippen LogP contribution is -2.34. The zero-order valence-corrected chi connectivity index (χ0v) is 85.3. The number of rotatable bonds is 0. The van der Waals surface area contributed by atoms with Crippen LogP contribution in [0.15, 0.2) is 517 Å². The first-order valence-corrected chi connectivity index (χ1v) is 57.3. The van der Waals surface area contributed by atoms with Crippen LogP contribution < -0.4 is 76.4 Å². The summed E-state index contributed by atoms with van der Waals surface area (Å²) >= 11 is 0. The highest BCUT2D eigenvalue weighted by Crippen LogP contribution is 2.69. The van der Waals surface area contributed by atoms with Gasteiger partial charge in [0.15, 0.2) is 0 Å². The average Bonchev–Trinajstić information content (AvgIpc) is 0.707. The third kappa shape index (κ3) is 13.4. The molecule has 0 aliphatic carbocycles. The number of para-hydroxylation sites is 1. The Morgan fingerprint density at radius 3 is 0.940 bits per heavy atom. The molecule has 15 heterocycles. The number of nitrogens with zero attached hydrogens (tertiary/aromatic N) is 10. The summed E-state index contributed by atoms with van der Waals surface area (Å²) in [7, 11) is -3.65. The van der Waals surface area contributed by atoms with Crippen LogP contribution in [0.25, 0.3) is 165 Å². The normalized spacial score (nSPS) is 15.6. The average molecular weight is 2000 g/mol. The van der Waals surface area contributed by atoms with Crippen molar-refractivity contribution < 1.29 is 0 Å². The van der Waals surface area contributed by atoms with E-state index in [1.54, 1.807) is 0 Å². The van der Waals surface area contributed by atoms with Gasteiger partial charge in [0, 0.05) is 157 Å². The van der Waals surface area contributed by atoms with Gasteiger partial charge in [-0.2, -0.15) is 0 Å². The topological polar surface area (TPSA) is 80.7 Å². The molecule has 10 aliphatic rings. The maximum atomic E-state index is 4.90. The largest absolute Gasteiger partial charge is 0.310 e. The molecule has 15 heteroatoms. The molecule has 0 amide bonds. The summed E-state index contributed by atoms with van der Waals surface area (Å²) in [5, 5.41) is 26.9. The standard InChI is InChI=1S/5C27H17N2P/c1-2-9-19-18(8-1)15-16-21-20-10-3-5-13-24(20)30-25-14-6-4-11-22(25)26-23(12-7-17-28-26)29(30)27(19)21;1-2-9-19-17-26-23(16-18(19)8-1)20-10-3-5-13-24(20)29-27-22(12-7-15-28-27)21-11-4-6-14-25(21)30(26)29;1-2-9-19-17-24-23(16-18(19)8-1)21-11-4-6-14-26(21)30-25-13-5-3-10-20(25)22-12-7-15-28-27(22)29(24)30;1-2-8-19-16-24-23(15-18(19)7-1)22-10-4-6-12-27(22)30-26-11-5-3-9-21(26)20-13-14-28-17-25(20)29(24)30;1-2-8-19-18(7-1)13-14-22-20-9-3-5-11-25(20)30-26-12-6-4-10-21(26)23-17-28-16-15-24(23)29(30)27(19)22/h5*1-17H. The molecule has 700 valence electrons. The highest BCUT2D eigenvalue weighted by atomic mass is 31.1. The van der Waals surface area contributed by atoms with Crippen LogP contribution in [0.4, 0.5) is 57.1 Å². The van der Waals surface area contributed by atoms with Crippen LogP contribution in [0.3, 0.4) is 0 Å². The van der Waals surface area contributed by atoms with Crippen LogP contribution >= 0.6 is 40.4 Å². The molecule has 10 nitrogen and oxygen atoms in total. The van der Waals surface area contributed by atoms with E-state index in [0.29, 0.717) is 0 Å². The lowest BCUT2D eigenvalue weighted by Gasteiger charge is -2.45. The molecule has 20 aromatic carbocycles. The summed E-state index contributed by atoms with van der Waals surface area (Å²) < 4.78 is 12.8. The highest BCUT2D eigenvalue weighted by Gasteiger charge is 2.47. The zero-order valence-electron chi connectivity index (χ0n) is 80.8. The minimum Gasteiger partial charge on any atom is -0.310 e. The molecule has 35 rings (SSSR count). The molecule has 0 saturated heterocycles. The molecule has 0 fully saturated rings. The van der Waals surface area contributed by atoms with Gasteiger partial charge >= 0.3 is 0 Å². The van der Waals surface area contributed by atoms with E-state index in [9.17, 15) is 0 Å². The summed E-state index contributed by atoms with van der Waals surface area (Å²) in [4.78, 5) is 23.6. The molecular formula is C135H85N10P5. The van der Waals surface area contributed by atoms with Crippen molar-refractivity contribution in [2.24, 2.45) is 0 Å². The van der Waals surface area contributed by atoms with Gasteiger partial charge in [0.1, 0.15) is 11.6 Å². The first kappa shape index (κ1) is 86.9. The monoisotopic (exact) mass is 2000 g/mol. The van der Waals surface area contributed by atoms with Gasteiger partial charge < -0.3 is 14.0 Å².